The van der Waals surface area contributed by atoms with Crippen molar-refractivity contribution >= 4 is 52.1 Å². The van der Waals surface area contributed by atoms with E-state index >= 15 is 4.79 Å². The Balaban J connectivity index is 1.10. The smallest absolute Gasteiger partial charge is 0.260 e. The number of anilines is 3. The van der Waals surface area contributed by atoms with Gasteiger partial charge in [-0.25, -0.2) is 0 Å². The van der Waals surface area contributed by atoms with Gasteiger partial charge in [0.1, 0.15) is 0 Å². The molecule has 2 aliphatic heterocycles. The van der Waals surface area contributed by atoms with Crippen LogP contribution >= 0.6 is 0 Å². The number of aryl methyl sites for hydroxylation is 1. The van der Waals surface area contributed by atoms with Crippen LogP contribution < -0.4 is 20.0 Å². The minimum Gasteiger partial charge on any atom is -0.504 e. The fraction of sp³-hybridized carbons (Fsp3) is 0.250. The number of nitrogens with one attached hydrogen (secondary N) is 1. The number of allylic oxidation sites excluding steroid dienone is 2. The molecule has 6 unspecified atom stereocenters. The number of nitrogens with zero attached hydrogens (tertiary/aromatic N) is 5. The zero-order chi connectivity index (χ0) is 41.9. The number of phenols is 1. The van der Waals surface area contributed by atoms with Crippen LogP contribution in [0.25, 0.3) is 0 Å². The molecular weight excluding hydrogens is 757 g/mol. The lowest BCUT2D eigenvalue weighted by Gasteiger charge is -2.50. The third-order valence-corrected chi connectivity index (χ3v) is 12.7. The van der Waals surface area contributed by atoms with E-state index in [1.165, 1.54) is 12.0 Å². The summed E-state index contributed by atoms with van der Waals surface area (Å²) in [6, 6.07) is 36.3. The second-order valence-corrected chi connectivity index (χ2v) is 16.2. The molecule has 12 nitrogen and oxygen atoms in total. The van der Waals surface area contributed by atoms with Gasteiger partial charge in [-0.05, 0) is 110 Å². The molecule has 4 aliphatic rings. The lowest BCUT2D eigenvalue weighted by atomic mass is 9.49. The van der Waals surface area contributed by atoms with Gasteiger partial charge in [-0.15, -0.1) is 0 Å². The van der Waals surface area contributed by atoms with Crippen LogP contribution in [-0.2, 0) is 24.6 Å². The monoisotopic (exact) mass is 800 g/mol. The Kier molecular flexibility index (Phi) is 9.57. The van der Waals surface area contributed by atoms with Crippen molar-refractivity contribution in [2.75, 3.05) is 36.4 Å². The molecule has 9 rings (SSSR count). The molecule has 3 fully saturated rings. The first-order valence-electron chi connectivity index (χ1n) is 20.0. The van der Waals surface area contributed by atoms with Gasteiger partial charge in [0.05, 0.1) is 53.0 Å². The summed E-state index contributed by atoms with van der Waals surface area (Å²) in [5, 5.41) is 21.0. The zero-order valence-electron chi connectivity index (χ0n) is 33.6. The van der Waals surface area contributed by atoms with Gasteiger partial charge >= 0.3 is 0 Å². The molecule has 0 spiro atoms. The maximum atomic E-state index is 15.4. The molecular formula is C48H44N6O6. The van der Waals surface area contributed by atoms with Crippen molar-refractivity contribution in [3.05, 3.63) is 150 Å². The lowest BCUT2D eigenvalue weighted by molar-refractivity contribution is -0.138. The number of aromatic hydroxyl groups is 1. The Morgan fingerprint density at radius 3 is 2.08 bits per heavy atom. The summed E-state index contributed by atoms with van der Waals surface area (Å²) in [7, 11) is 5.39. The number of benzene rings is 5. The number of hydrogen-bond acceptors (Lipinski definition) is 10. The van der Waals surface area contributed by atoms with E-state index in [9.17, 15) is 19.5 Å². The van der Waals surface area contributed by atoms with E-state index in [1.54, 1.807) is 42.5 Å². The van der Waals surface area contributed by atoms with Crippen molar-refractivity contribution in [2.24, 2.45) is 33.9 Å². The highest BCUT2D eigenvalue weighted by Gasteiger charge is 2.70. The summed E-state index contributed by atoms with van der Waals surface area (Å²) < 4.78 is 5.40. The van der Waals surface area contributed by atoms with E-state index in [2.05, 4.69) is 15.7 Å². The number of imide groups is 2. The van der Waals surface area contributed by atoms with Crippen LogP contribution in [0.4, 0.5) is 28.4 Å². The number of fused-ring (bicyclic) bond motifs is 4. The molecule has 0 aromatic heterocycles. The van der Waals surface area contributed by atoms with E-state index < -0.39 is 46.8 Å². The first-order chi connectivity index (χ1) is 29.0. The quantitative estimate of drug-likeness (QED) is 0.0860. The minimum atomic E-state index is -1.46. The van der Waals surface area contributed by atoms with E-state index in [0.717, 1.165) is 21.8 Å². The predicted molar refractivity (Wildman–Crippen MR) is 227 cm³/mol. The van der Waals surface area contributed by atoms with Gasteiger partial charge in [-0.3, -0.25) is 29.5 Å². The van der Waals surface area contributed by atoms with Crippen LogP contribution in [0, 0.1) is 30.6 Å². The third-order valence-electron chi connectivity index (χ3n) is 12.7. The zero-order valence-corrected chi connectivity index (χ0v) is 33.6. The van der Waals surface area contributed by atoms with E-state index in [-0.39, 0.29) is 36.2 Å². The van der Waals surface area contributed by atoms with E-state index in [0.29, 0.717) is 33.9 Å². The number of ether oxygens (including phenoxy) is 1. The molecule has 6 atom stereocenters. The average Bonchev–Trinajstić information content (AvgIpc) is 3.64. The number of carbonyl (C=O) groups excluding carboxylic acids is 4. The summed E-state index contributed by atoms with van der Waals surface area (Å²) in [5.74, 6) is -5.15. The van der Waals surface area contributed by atoms with E-state index in [1.807, 2.05) is 111 Å². The van der Waals surface area contributed by atoms with Crippen molar-refractivity contribution < 1.29 is 29.0 Å². The Morgan fingerprint density at radius 2 is 1.45 bits per heavy atom. The second kappa shape index (κ2) is 14.9. The van der Waals surface area contributed by atoms with Crippen LogP contribution in [-0.4, -0.2) is 54.9 Å². The number of amides is 4. The molecule has 4 amide bonds. The fourth-order valence-corrected chi connectivity index (χ4v) is 9.86. The fourth-order valence-electron chi connectivity index (χ4n) is 9.86. The van der Waals surface area contributed by atoms with E-state index in [4.69, 9.17) is 4.74 Å². The Morgan fingerprint density at radius 1 is 0.783 bits per heavy atom. The number of methoxy groups -OCH3 is 1. The molecule has 12 heteroatoms. The summed E-state index contributed by atoms with van der Waals surface area (Å²) in [5.41, 5.74) is 7.96. The van der Waals surface area contributed by atoms with Gasteiger partial charge in [0.25, 0.3) is 11.8 Å². The normalized spacial score (nSPS) is 24.6. The van der Waals surface area contributed by atoms with Crippen LogP contribution in [0.2, 0.25) is 0 Å². The van der Waals surface area contributed by atoms with Gasteiger partial charge in [-0.1, -0.05) is 65.7 Å². The highest BCUT2D eigenvalue weighted by molar-refractivity contribution is 6.22. The number of azo groups is 1. The van der Waals surface area contributed by atoms with Crippen LogP contribution in [0.5, 0.6) is 11.5 Å². The summed E-state index contributed by atoms with van der Waals surface area (Å²) in [6.45, 7) is 1.96. The first kappa shape index (κ1) is 38.4. The summed E-state index contributed by atoms with van der Waals surface area (Å²) in [6.07, 6.45) is 2.41. The standard InChI is InChI=1S/C48H44N6O6/c1-28-10-13-33(14-11-28)51-54-45(57)39-27-38-36(43(29-12-25-41(60-4)40(55)26-29)48(39,47(54)59)30-8-6-5-7-9-30)23-24-37-42(38)46(58)53(44(37)56)35-21-17-32(18-22-35)50-49-31-15-19-34(20-16-31)52(2)3/h5-23,25-26,37-39,42-43,51,55H,24,27H2,1-4H3. The van der Waals surface area contributed by atoms with Gasteiger partial charge in [0, 0.05) is 25.7 Å². The predicted octanol–water partition coefficient (Wildman–Crippen LogP) is 8.38. The van der Waals surface area contributed by atoms with Crippen molar-refractivity contribution in [1.29, 1.82) is 0 Å². The number of hydrogen-bond donors (Lipinski definition) is 2. The van der Waals surface area contributed by atoms with Crippen molar-refractivity contribution in [2.45, 2.75) is 31.1 Å². The SMILES string of the molecule is COc1ccc(C2C3=CCC4C(=O)N(c5ccc(N=Nc6ccc(N(C)C)cc6)cc5)C(=O)C4C3CC3C(=O)N(Nc4ccc(C)cc4)C(=O)C32c2ccccc2)cc1O. The molecule has 302 valence electrons. The van der Waals surface area contributed by atoms with Crippen LogP contribution in [0.1, 0.15) is 35.4 Å². The third kappa shape index (κ3) is 6.13. The maximum absolute atomic E-state index is 15.4. The van der Waals surface area contributed by atoms with Gasteiger partial charge < -0.3 is 14.7 Å². The highest BCUT2D eigenvalue weighted by atomic mass is 16.5. The molecule has 5 aromatic carbocycles. The lowest BCUT2D eigenvalue weighted by Crippen LogP contribution is -2.53. The van der Waals surface area contributed by atoms with Crippen molar-refractivity contribution in [1.82, 2.24) is 5.01 Å². The second-order valence-electron chi connectivity index (χ2n) is 16.2. The van der Waals surface area contributed by atoms with Crippen molar-refractivity contribution in [3.8, 4) is 11.5 Å². The molecule has 2 N–H and O–H groups in total. The summed E-state index contributed by atoms with van der Waals surface area (Å²) in [4.78, 5) is 62.6. The molecule has 0 bridgehead atoms. The molecule has 2 aliphatic carbocycles. The Bertz CT molecular complexity index is 2570. The number of carbonyl (C=O) groups is 4. The molecule has 2 saturated heterocycles. The Hall–Kier alpha value is -7.08. The van der Waals surface area contributed by atoms with Gasteiger partial charge in [0.15, 0.2) is 11.5 Å². The number of rotatable bonds is 9. The number of hydrazine groups is 1. The average molecular weight is 801 g/mol. The van der Waals surface area contributed by atoms with Gasteiger partial charge in [-0.2, -0.15) is 15.2 Å². The topological polar surface area (TPSA) is 144 Å². The minimum absolute atomic E-state index is 0.124. The highest BCUT2D eigenvalue weighted by Crippen LogP contribution is 2.64. The van der Waals surface area contributed by atoms with Crippen molar-refractivity contribution in [3.63, 3.8) is 0 Å². The number of phenolic OH excluding ortho intramolecular Hbond substituents is 1. The summed E-state index contributed by atoms with van der Waals surface area (Å²) >= 11 is 0. The van der Waals surface area contributed by atoms with Gasteiger partial charge in [0.2, 0.25) is 11.8 Å². The molecule has 0 radical (unpaired) electrons. The van der Waals surface area contributed by atoms with Crippen LogP contribution in [0.3, 0.4) is 0 Å². The Labute approximate surface area is 347 Å². The molecule has 5 aromatic rings. The molecule has 1 saturated carbocycles. The molecule has 60 heavy (non-hydrogen) atoms. The first-order valence-corrected chi connectivity index (χ1v) is 20.0. The molecule has 2 heterocycles. The largest absolute Gasteiger partial charge is 0.504 e. The van der Waals surface area contributed by atoms with Crippen LogP contribution in [0.15, 0.2) is 143 Å². The maximum Gasteiger partial charge on any atom is 0.260 e.